The summed E-state index contributed by atoms with van der Waals surface area (Å²) in [5.41, 5.74) is 0.459. The molecule has 0 bridgehead atoms. The zero-order valence-electron chi connectivity index (χ0n) is 17.1. The largest absolute Gasteiger partial charge is 0.545 e. The van der Waals surface area contributed by atoms with Gasteiger partial charge < -0.3 is 30.4 Å². The molecule has 0 atom stereocenters. The first-order valence-corrected chi connectivity index (χ1v) is 9.34. The average molecular weight is 410 g/mol. The van der Waals surface area contributed by atoms with Gasteiger partial charge in [-0.3, -0.25) is 9.59 Å². The molecule has 158 valence electrons. The summed E-state index contributed by atoms with van der Waals surface area (Å²) in [5, 5.41) is 28.2. The third-order valence-electron chi connectivity index (χ3n) is 4.38. The number of nitrogens with one attached hydrogen (secondary N) is 2. The molecule has 0 saturated carbocycles. The highest BCUT2D eigenvalue weighted by atomic mass is 16.4. The van der Waals surface area contributed by atoms with Gasteiger partial charge in [0.2, 0.25) is 11.8 Å². The van der Waals surface area contributed by atoms with E-state index in [-0.39, 0.29) is 46.2 Å². The summed E-state index contributed by atoms with van der Waals surface area (Å²) in [7, 11) is 0. The standard InChI is InChI=1S/C22H24N2O6/c1-11(2)19(25)23-17-7-5-13(9-15(17)21(27)28)14-6-8-18(16(10-14)22(29)30)24-20(26)12(3)4/h5-12H,1-4H3,(H,23,25)(H,24,26)(H,27,28)(H,29,30)/p-2. The number of aromatic carboxylic acids is 2. The molecule has 30 heavy (non-hydrogen) atoms. The molecule has 0 aliphatic carbocycles. The van der Waals surface area contributed by atoms with Gasteiger partial charge in [-0.05, 0) is 35.4 Å². The lowest BCUT2D eigenvalue weighted by molar-refractivity contribution is -0.256. The van der Waals surface area contributed by atoms with Crippen LogP contribution in [-0.2, 0) is 9.59 Å². The number of anilines is 2. The minimum Gasteiger partial charge on any atom is -0.545 e. The molecule has 0 radical (unpaired) electrons. The van der Waals surface area contributed by atoms with Crippen LogP contribution in [-0.4, -0.2) is 23.8 Å². The highest BCUT2D eigenvalue weighted by molar-refractivity contribution is 6.03. The molecule has 0 saturated heterocycles. The van der Waals surface area contributed by atoms with E-state index in [1.54, 1.807) is 39.8 Å². The van der Waals surface area contributed by atoms with Crippen molar-refractivity contribution in [2.45, 2.75) is 27.7 Å². The molecule has 0 heterocycles. The Bertz CT molecular complexity index is 929. The van der Waals surface area contributed by atoms with Crippen molar-refractivity contribution in [1.82, 2.24) is 0 Å². The van der Waals surface area contributed by atoms with Crippen molar-refractivity contribution < 1.29 is 29.4 Å². The van der Waals surface area contributed by atoms with E-state index in [0.717, 1.165) is 0 Å². The third kappa shape index (κ3) is 5.22. The molecule has 0 spiro atoms. The maximum absolute atomic E-state index is 11.9. The second kappa shape index (κ2) is 9.21. The molecule has 8 nitrogen and oxygen atoms in total. The number of carbonyl (C=O) groups excluding carboxylic acids is 4. The van der Waals surface area contributed by atoms with Gasteiger partial charge in [0.15, 0.2) is 0 Å². The van der Waals surface area contributed by atoms with E-state index in [4.69, 9.17) is 0 Å². The molecule has 2 amide bonds. The summed E-state index contributed by atoms with van der Waals surface area (Å²) in [6, 6.07) is 8.48. The highest BCUT2D eigenvalue weighted by Crippen LogP contribution is 2.29. The number of carboxylic acids is 2. The van der Waals surface area contributed by atoms with Crippen molar-refractivity contribution in [2.75, 3.05) is 10.6 Å². The predicted molar refractivity (Wildman–Crippen MR) is 107 cm³/mol. The lowest BCUT2D eigenvalue weighted by Crippen LogP contribution is -2.26. The number of hydrogen-bond acceptors (Lipinski definition) is 6. The Morgan fingerprint density at radius 3 is 1.27 bits per heavy atom. The van der Waals surface area contributed by atoms with Gasteiger partial charge in [0, 0.05) is 34.3 Å². The Labute approximate surface area is 173 Å². The van der Waals surface area contributed by atoms with Crippen LogP contribution >= 0.6 is 0 Å². The number of amides is 2. The minimum absolute atomic E-state index is 0.0818. The van der Waals surface area contributed by atoms with E-state index < -0.39 is 11.9 Å². The van der Waals surface area contributed by atoms with Crippen LogP contribution in [0.25, 0.3) is 11.1 Å². The van der Waals surface area contributed by atoms with E-state index in [0.29, 0.717) is 11.1 Å². The molecule has 2 N–H and O–H groups in total. The fourth-order valence-electron chi connectivity index (χ4n) is 2.56. The lowest BCUT2D eigenvalue weighted by Gasteiger charge is -2.17. The average Bonchev–Trinajstić information content (AvgIpc) is 2.67. The number of carboxylic acid groups (broad SMARTS) is 2. The van der Waals surface area contributed by atoms with Crippen molar-refractivity contribution in [1.29, 1.82) is 0 Å². The van der Waals surface area contributed by atoms with Gasteiger partial charge in [0.25, 0.3) is 0 Å². The number of benzene rings is 2. The summed E-state index contributed by atoms with van der Waals surface area (Å²) < 4.78 is 0. The number of carbonyl (C=O) groups is 4. The molecule has 8 heteroatoms. The van der Waals surface area contributed by atoms with Crippen molar-refractivity contribution in [3.05, 3.63) is 47.5 Å². The molecule has 0 unspecified atom stereocenters. The lowest BCUT2D eigenvalue weighted by atomic mass is 9.98. The van der Waals surface area contributed by atoms with Crippen LogP contribution in [0.1, 0.15) is 48.4 Å². The normalized spacial score (nSPS) is 10.7. The molecule has 0 aromatic heterocycles. The SMILES string of the molecule is CC(C)C(=O)Nc1ccc(-c2ccc(NC(=O)C(C)C)c(C(=O)[O-])c2)cc1C(=O)[O-]. The van der Waals surface area contributed by atoms with Crippen molar-refractivity contribution in [3.63, 3.8) is 0 Å². The van der Waals surface area contributed by atoms with Crippen LogP contribution in [0, 0.1) is 11.8 Å². The Morgan fingerprint density at radius 1 is 0.667 bits per heavy atom. The van der Waals surface area contributed by atoms with Crippen LogP contribution in [0.3, 0.4) is 0 Å². The second-order valence-corrected chi connectivity index (χ2v) is 7.38. The Balaban J connectivity index is 2.48. The van der Waals surface area contributed by atoms with Gasteiger partial charge in [-0.1, -0.05) is 39.8 Å². The van der Waals surface area contributed by atoms with Crippen LogP contribution in [0.5, 0.6) is 0 Å². The third-order valence-corrected chi connectivity index (χ3v) is 4.38. The summed E-state index contributed by atoms with van der Waals surface area (Å²) in [5.74, 6) is -4.38. The first-order chi connectivity index (χ1) is 14.0. The summed E-state index contributed by atoms with van der Waals surface area (Å²) in [4.78, 5) is 46.9. The zero-order valence-corrected chi connectivity index (χ0v) is 17.1. The van der Waals surface area contributed by atoms with Gasteiger partial charge in [-0.25, -0.2) is 0 Å². The molecule has 0 aliphatic rings. The van der Waals surface area contributed by atoms with Crippen LogP contribution in [0.4, 0.5) is 11.4 Å². The van der Waals surface area contributed by atoms with Crippen molar-refractivity contribution in [2.24, 2.45) is 11.8 Å². The first-order valence-electron chi connectivity index (χ1n) is 9.34. The quantitative estimate of drug-likeness (QED) is 0.705. The molecule has 2 aromatic carbocycles. The molecule has 2 rings (SSSR count). The molecule has 2 aromatic rings. The minimum atomic E-state index is -1.49. The summed E-state index contributed by atoms with van der Waals surface area (Å²) in [6.07, 6.45) is 0. The smallest absolute Gasteiger partial charge is 0.226 e. The highest BCUT2D eigenvalue weighted by Gasteiger charge is 2.15. The fourth-order valence-corrected chi connectivity index (χ4v) is 2.56. The van der Waals surface area contributed by atoms with Crippen molar-refractivity contribution >= 4 is 35.1 Å². The van der Waals surface area contributed by atoms with Crippen LogP contribution < -0.4 is 20.8 Å². The Hall–Kier alpha value is -3.68. The van der Waals surface area contributed by atoms with Crippen LogP contribution in [0.15, 0.2) is 36.4 Å². The predicted octanol–water partition coefficient (Wildman–Crippen LogP) is 1.27. The van der Waals surface area contributed by atoms with E-state index in [9.17, 15) is 29.4 Å². The van der Waals surface area contributed by atoms with Crippen molar-refractivity contribution in [3.8, 4) is 11.1 Å². The van der Waals surface area contributed by atoms with Gasteiger partial charge in [-0.2, -0.15) is 0 Å². The summed E-state index contributed by atoms with van der Waals surface area (Å²) in [6.45, 7) is 6.68. The molecular weight excluding hydrogens is 388 g/mol. The molecule has 0 fully saturated rings. The van der Waals surface area contributed by atoms with Gasteiger partial charge in [-0.15, -0.1) is 0 Å². The Kier molecular flexibility index (Phi) is 6.94. The topological polar surface area (TPSA) is 138 Å². The fraction of sp³-hybridized carbons (Fsp3) is 0.273. The maximum Gasteiger partial charge on any atom is 0.226 e. The Morgan fingerprint density at radius 2 is 1.00 bits per heavy atom. The van der Waals surface area contributed by atoms with E-state index in [1.807, 2.05) is 0 Å². The van der Waals surface area contributed by atoms with E-state index in [1.165, 1.54) is 24.3 Å². The maximum atomic E-state index is 11.9. The second-order valence-electron chi connectivity index (χ2n) is 7.38. The van der Waals surface area contributed by atoms with Gasteiger partial charge in [0.05, 0.1) is 11.9 Å². The number of rotatable bonds is 7. The van der Waals surface area contributed by atoms with Crippen LogP contribution in [0.2, 0.25) is 0 Å². The number of hydrogen-bond donors (Lipinski definition) is 2. The molecule has 0 aliphatic heterocycles. The van der Waals surface area contributed by atoms with Gasteiger partial charge >= 0.3 is 0 Å². The van der Waals surface area contributed by atoms with E-state index in [2.05, 4.69) is 10.6 Å². The first kappa shape index (κ1) is 22.6. The molecular formula is C22H22N2O6-2. The monoisotopic (exact) mass is 410 g/mol. The van der Waals surface area contributed by atoms with Gasteiger partial charge in [0.1, 0.15) is 0 Å². The van der Waals surface area contributed by atoms with E-state index >= 15 is 0 Å². The zero-order chi connectivity index (χ0) is 22.6. The summed E-state index contributed by atoms with van der Waals surface area (Å²) >= 11 is 0.